The lowest BCUT2D eigenvalue weighted by atomic mass is 10.1. The van der Waals surface area contributed by atoms with Crippen molar-refractivity contribution in [2.45, 2.75) is 32.7 Å². The van der Waals surface area contributed by atoms with Gasteiger partial charge in [-0.2, -0.15) is 0 Å². The van der Waals surface area contributed by atoms with Gasteiger partial charge < -0.3 is 15.2 Å². The molecule has 0 aliphatic carbocycles. The first-order chi connectivity index (χ1) is 9.49. The van der Waals surface area contributed by atoms with Gasteiger partial charge in [0.2, 0.25) is 0 Å². The van der Waals surface area contributed by atoms with E-state index in [-0.39, 0.29) is 5.56 Å². The molecule has 0 heterocycles. The highest BCUT2D eigenvalue weighted by Crippen LogP contribution is 2.23. The molecule has 0 spiro atoms. The number of nitrogens with one attached hydrogen (secondary N) is 1. The van der Waals surface area contributed by atoms with Crippen molar-refractivity contribution < 1.29 is 19.4 Å². The van der Waals surface area contributed by atoms with E-state index in [0.29, 0.717) is 30.2 Å². The second-order valence-electron chi connectivity index (χ2n) is 4.23. The Balaban J connectivity index is 2.93. The summed E-state index contributed by atoms with van der Waals surface area (Å²) < 4.78 is 5.35. The van der Waals surface area contributed by atoms with Crippen molar-refractivity contribution >= 4 is 23.5 Å². The maximum atomic E-state index is 12.1. The molecular formula is C14H18ClNO4. The van der Waals surface area contributed by atoms with Crippen LogP contribution in [0.25, 0.3) is 0 Å². The van der Waals surface area contributed by atoms with Crippen molar-refractivity contribution in [1.82, 2.24) is 5.32 Å². The summed E-state index contributed by atoms with van der Waals surface area (Å²) >= 11 is 5.86. The second kappa shape index (κ2) is 7.75. The molecule has 0 saturated heterocycles. The summed E-state index contributed by atoms with van der Waals surface area (Å²) in [5, 5.41) is 12.0. The number of halogens is 1. The summed E-state index contributed by atoms with van der Waals surface area (Å²) in [5.41, 5.74) is 0.276. The normalized spacial score (nSPS) is 11.8. The Morgan fingerprint density at radius 2 is 2.10 bits per heavy atom. The minimum absolute atomic E-state index is 0.276. The van der Waals surface area contributed by atoms with Crippen LogP contribution in [0, 0.1) is 0 Å². The number of carbonyl (C=O) groups is 2. The predicted octanol–water partition coefficient (Wildman–Crippen LogP) is 2.72. The molecule has 0 aliphatic heterocycles. The highest BCUT2D eigenvalue weighted by molar-refractivity contribution is 6.30. The molecule has 1 aromatic carbocycles. The van der Waals surface area contributed by atoms with Gasteiger partial charge in [0.1, 0.15) is 11.8 Å². The Hall–Kier alpha value is -1.75. The maximum Gasteiger partial charge on any atom is 0.326 e. The van der Waals surface area contributed by atoms with Crippen molar-refractivity contribution in [1.29, 1.82) is 0 Å². The third-order valence-electron chi connectivity index (χ3n) is 2.67. The van der Waals surface area contributed by atoms with Crippen LogP contribution in [0.15, 0.2) is 18.2 Å². The van der Waals surface area contributed by atoms with Gasteiger partial charge in [-0.1, -0.05) is 24.9 Å². The molecule has 0 bridgehead atoms. The highest BCUT2D eigenvalue weighted by atomic mass is 35.5. The molecule has 0 aromatic heterocycles. The van der Waals surface area contributed by atoms with Crippen LogP contribution in [0.5, 0.6) is 5.75 Å². The Bertz CT molecular complexity index is 490. The van der Waals surface area contributed by atoms with E-state index in [4.69, 9.17) is 21.4 Å². The smallest absolute Gasteiger partial charge is 0.326 e. The van der Waals surface area contributed by atoms with Crippen LogP contribution in [-0.2, 0) is 4.79 Å². The minimum Gasteiger partial charge on any atom is -0.493 e. The van der Waals surface area contributed by atoms with Crippen LogP contribution >= 0.6 is 11.6 Å². The fourth-order valence-corrected chi connectivity index (χ4v) is 1.90. The standard InChI is InChI=1S/C14H18ClNO4/c1-3-5-11(14(18)19)16-13(17)10-7-6-9(15)8-12(10)20-4-2/h6-8,11H,3-5H2,1-2H3,(H,16,17)(H,18,19). The van der Waals surface area contributed by atoms with Gasteiger partial charge in [-0.05, 0) is 31.5 Å². The number of carboxylic acid groups (broad SMARTS) is 1. The van der Waals surface area contributed by atoms with E-state index in [1.165, 1.54) is 12.1 Å². The number of amides is 1. The van der Waals surface area contributed by atoms with Crippen LogP contribution in [0.4, 0.5) is 0 Å². The summed E-state index contributed by atoms with van der Waals surface area (Å²) in [4.78, 5) is 23.2. The van der Waals surface area contributed by atoms with Gasteiger partial charge in [0.15, 0.2) is 0 Å². The topological polar surface area (TPSA) is 75.6 Å². The van der Waals surface area contributed by atoms with Crippen LogP contribution in [0.1, 0.15) is 37.0 Å². The van der Waals surface area contributed by atoms with Crippen molar-refractivity contribution in [2.75, 3.05) is 6.61 Å². The summed E-state index contributed by atoms with van der Waals surface area (Å²) in [6, 6.07) is 3.72. The van der Waals surface area contributed by atoms with E-state index in [9.17, 15) is 9.59 Å². The zero-order valence-electron chi connectivity index (χ0n) is 11.5. The van der Waals surface area contributed by atoms with Crippen molar-refractivity contribution in [3.8, 4) is 5.75 Å². The molecule has 20 heavy (non-hydrogen) atoms. The molecule has 1 rings (SSSR count). The second-order valence-corrected chi connectivity index (χ2v) is 4.66. The molecular weight excluding hydrogens is 282 g/mol. The lowest BCUT2D eigenvalue weighted by Crippen LogP contribution is -2.40. The van der Waals surface area contributed by atoms with Gasteiger partial charge in [0.05, 0.1) is 12.2 Å². The number of carbonyl (C=O) groups excluding carboxylic acids is 1. The monoisotopic (exact) mass is 299 g/mol. The summed E-state index contributed by atoms with van der Waals surface area (Å²) in [7, 11) is 0. The van der Waals surface area contributed by atoms with Crippen LogP contribution in [0.2, 0.25) is 5.02 Å². The molecule has 1 atom stereocenters. The summed E-state index contributed by atoms with van der Waals surface area (Å²) in [6.07, 6.45) is 1.04. The van der Waals surface area contributed by atoms with E-state index in [2.05, 4.69) is 5.32 Å². The number of rotatable bonds is 7. The first kappa shape index (κ1) is 16.3. The number of ether oxygens (including phenoxy) is 1. The van der Waals surface area contributed by atoms with Gasteiger partial charge in [0, 0.05) is 5.02 Å². The molecule has 1 aromatic rings. The van der Waals surface area contributed by atoms with E-state index in [1.54, 1.807) is 13.0 Å². The summed E-state index contributed by atoms with van der Waals surface area (Å²) in [5.74, 6) is -1.18. The van der Waals surface area contributed by atoms with E-state index < -0.39 is 17.9 Å². The molecule has 1 unspecified atom stereocenters. The average Bonchev–Trinajstić information content (AvgIpc) is 2.38. The molecule has 0 aliphatic rings. The van der Waals surface area contributed by atoms with Crippen LogP contribution in [-0.4, -0.2) is 29.6 Å². The Labute approximate surface area is 122 Å². The maximum absolute atomic E-state index is 12.1. The Kier molecular flexibility index (Phi) is 6.31. The fraction of sp³-hybridized carbons (Fsp3) is 0.429. The van der Waals surface area contributed by atoms with E-state index in [1.807, 2.05) is 6.92 Å². The molecule has 2 N–H and O–H groups in total. The SMILES string of the molecule is CCCC(NC(=O)c1ccc(Cl)cc1OCC)C(=O)O. The molecule has 0 fully saturated rings. The number of carboxylic acids is 1. The van der Waals surface area contributed by atoms with Gasteiger partial charge in [-0.25, -0.2) is 4.79 Å². The average molecular weight is 300 g/mol. The van der Waals surface area contributed by atoms with Gasteiger partial charge >= 0.3 is 5.97 Å². The van der Waals surface area contributed by atoms with Crippen molar-refractivity contribution in [3.63, 3.8) is 0 Å². The van der Waals surface area contributed by atoms with Crippen molar-refractivity contribution in [3.05, 3.63) is 28.8 Å². The minimum atomic E-state index is -1.05. The fourth-order valence-electron chi connectivity index (χ4n) is 1.74. The first-order valence-corrected chi connectivity index (χ1v) is 6.83. The number of hydrogen-bond donors (Lipinski definition) is 2. The highest BCUT2D eigenvalue weighted by Gasteiger charge is 2.21. The van der Waals surface area contributed by atoms with E-state index >= 15 is 0 Å². The lowest BCUT2D eigenvalue weighted by Gasteiger charge is -2.15. The molecule has 110 valence electrons. The third-order valence-corrected chi connectivity index (χ3v) is 2.90. The number of aliphatic carboxylic acids is 1. The molecule has 0 radical (unpaired) electrons. The number of hydrogen-bond acceptors (Lipinski definition) is 3. The summed E-state index contributed by atoms with van der Waals surface area (Å²) in [6.45, 7) is 4.04. The quantitative estimate of drug-likeness (QED) is 0.811. The zero-order chi connectivity index (χ0) is 15.1. The number of benzene rings is 1. The van der Waals surface area contributed by atoms with Crippen LogP contribution < -0.4 is 10.1 Å². The molecule has 1 amide bonds. The van der Waals surface area contributed by atoms with Gasteiger partial charge in [-0.3, -0.25) is 4.79 Å². The third kappa shape index (κ3) is 4.42. The molecule has 5 nitrogen and oxygen atoms in total. The zero-order valence-corrected chi connectivity index (χ0v) is 12.2. The first-order valence-electron chi connectivity index (χ1n) is 6.45. The van der Waals surface area contributed by atoms with Crippen molar-refractivity contribution in [2.24, 2.45) is 0 Å². The molecule has 0 saturated carbocycles. The molecule has 6 heteroatoms. The largest absolute Gasteiger partial charge is 0.493 e. The Morgan fingerprint density at radius 1 is 1.40 bits per heavy atom. The predicted molar refractivity (Wildman–Crippen MR) is 76.4 cm³/mol. The Morgan fingerprint density at radius 3 is 2.65 bits per heavy atom. The van der Waals surface area contributed by atoms with Crippen LogP contribution in [0.3, 0.4) is 0 Å². The van der Waals surface area contributed by atoms with E-state index in [0.717, 1.165) is 0 Å². The van der Waals surface area contributed by atoms with Gasteiger partial charge in [0.25, 0.3) is 5.91 Å². The lowest BCUT2D eigenvalue weighted by molar-refractivity contribution is -0.139. The van der Waals surface area contributed by atoms with Gasteiger partial charge in [-0.15, -0.1) is 0 Å².